The predicted molar refractivity (Wildman–Crippen MR) is 80.1 cm³/mol. The molecule has 0 aromatic heterocycles. The summed E-state index contributed by atoms with van der Waals surface area (Å²) in [5.74, 6) is 2.50. The van der Waals surface area contributed by atoms with Crippen LogP contribution in [-0.4, -0.2) is 26.6 Å². The molecule has 4 nitrogen and oxygen atoms in total. The fourth-order valence-electron chi connectivity index (χ4n) is 2.15. The molecule has 1 aromatic rings. The molecule has 0 saturated heterocycles. The van der Waals surface area contributed by atoms with Gasteiger partial charge in [0.15, 0.2) is 11.5 Å². The van der Waals surface area contributed by atoms with Crippen LogP contribution in [0.1, 0.15) is 24.8 Å². The SMILES string of the molecule is Brc1cc2c(cc1CNCCCOCC1CC1)OCO2. The van der Waals surface area contributed by atoms with Gasteiger partial charge in [-0.2, -0.15) is 0 Å². The Morgan fingerprint density at radius 2 is 2.05 bits per heavy atom. The molecule has 110 valence electrons. The van der Waals surface area contributed by atoms with E-state index in [0.717, 1.165) is 54.6 Å². The van der Waals surface area contributed by atoms with E-state index in [1.165, 1.54) is 18.4 Å². The van der Waals surface area contributed by atoms with E-state index in [1.807, 2.05) is 12.1 Å². The van der Waals surface area contributed by atoms with Crippen molar-refractivity contribution in [1.29, 1.82) is 0 Å². The molecule has 20 heavy (non-hydrogen) atoms. The molecule has 1 fully saturated rings. The lowest BCUT2D eigenvalue weighted by atomic mass is 10.2. The van der Waals surface area contributed by atoms with Crippen molar-refractivity contribution in [3.05, 3.63) is 22.2 Å². The third kappa shape index (κ3) is 3.87. The highest BCUT2D eigenvalue weighted by Crippen LogP contribution is 2.36. The Morgan fingerprint density at radius 3 is 2.85 bits per heavy atom. The van der Waals surface area contributed by atoms with E-state index >= 15 is 0 Å². The molecule has 3 rings (SSSR count). The second-order valence-corrected chi connectivity index (χ2v) is 6.20. The van der Waals surface area contributed by atoms with Gasteiger partial charge in [-0.05, 0) is 49.4 Å². The maximum atomic E-state index is 5.61. The van der Waals surface area contributed by atoms with Gasteiger partial charge in [0, 0.05) is 24.2 Å². The van der Waals surface area contributed by atoms with Crippen molar-refractivity contribution in [3.8, 4) is 11.5 Å². The van der Waals surface area contributed by atoms with Gasteiger partial charge in [0.05, 0.1) is 0 Å². The van der Waals surface area contributed by atoms with E-state index in [-0.39, 0.29) is 0 Å². The molecule has 1 heterocycles. The maximum Gasteiger partial charge on any atom is 0.231 e. The molecular formula is C15H20BrNO3. The van der Waals surface area contributed by atoms with Crippen molar-refractivity contribution in [2.75, 3.05) is 26.6 Å². The van der Waals surface area contributed by atoms with Crippen LogP contribution in [-0.2, 0) is 11.3 Å². The van der Waals surface area contributed by atoms with Gasteiger partial charge in [0.1, 0.15) is 0 Å². The first kappa shape index (κ1) is 14.2. The molecule has 0 amide bonds. The number of hydrogen-bond acceptors (Lipinski definition) is 4. The van der Waals surface area contributed by atoms with Crippen molar-refractivity contribution in [3.63, 3.8) is 0 Å². The predicted octanol–water partition coefficient (Wildman–Crippen LogP) is 3.08. The average Bonchev–Trinajstić information content (AvgIpc) is 3.16. The molecule has 0 unspecified atom stereocenters. The summed E-state index contributed by atoms with van der Waals surface area (Å²) in [5, 5.41) is 3.43. The highest BCUT2D eigenvalue weighted by atomic mass is 79.9. The van der Waals surface area contributed by atoms with Crippen LogP contribution in [0.25, 0.3) is 0 Å². The largest absolute Gasteiger partial charge is 0.454 e. The van der Waals surface area contributed by atoms with Crippen molar-refractivity contribution < 1.29 is 14.2 Å². The molecule has 1 N–H and O–H groups in total. The molecule has 0 bridgehead atoms. The van der Waals surface area contributed by atoms with Crippen LogP contribution in [0, 0.1) is 5.92 Å². The number of benzene rings is 1. The number of nitrogens with one attached hydrogen (secondary N) is 1. The van der Waals surface area contributed by atoms with Crippen LogP contribution in [0.15, 0.2) is 16.6 Å². The Balaban J connectivity index is 1.35. The summed E-state index contributed by atoms with van der Waals surface area (Å²) in [7, 11) is 0. The second-order valence-electron chi connectivity index (χ2n) is 5.35. The van der Waals surface area contributed by atoms with E-state index < -0.39 is 0 Å². The molecule has 1 aromatic carbocycles. The van der Waals surface area contributed by atoms with Gasteiger partial charge in [0.25, 0.3) is 0 Å². The van der Waals surface area contributed by atoms with E-state index in [2.05, 4.69) is 21.2 Å². The van der Waals surface area contributed by atoms with Gasteiger partial charge < -0.3 is 19.5 Å². The monoisotopic (exact) mass is 341 g/mol. The van der Waals surface area contributed by atoms with Gasteiger partial charge in [-0.3, -0.25) is 0 Å². The summed E-state index contributed by atoms with van der Waals surface area (Å²) >= 11 is 3.57. The Bertz CT molecular complexity index is 463. The van der Waals surface area contributed by atoms with Crippen LogP contribution in [0.3, 0.4) is 0 Å². The zero-order valence-electron chi connectivity index (χ0n) is 11.5. The summed E-state index contributed by atoms with van der Waals surface area (Å²) in [6, 6.07) is 4.00. The Hall–Kier alpha value is -0.780. The van der Waals surface area contributed by atoms with Crippen molar-refractivity contribution in [2.45, 2.75) is 25.8 Å². The van der Waals surface area contributed by atoms with Gasteiger partial charge >= 0.3 is 0 Å². The van der Waals surface area contributed by atoms with Crippen molar-refractivity contribution in [2.24, 2.45) is 5.92 Å². The Labute approximate surface area is 127 Å². The highest BCUT2D eigenvalue weighted by molar-refractivity contribution is 9.10. The van der Waals surface area contributed by atoms with Crippen molar-refractivity contribution >= 4 is 15.9 Å². The van der Waals surface area contributed by atoms with Gasteiger partial charge in [0.2, 0.25) is 6.79 Å². The van der Waals surface area contributed by atoms with E-state index in [1.54, 1.807) is 0 Å². The average molecular weight is 342 g/mol. The quantitative estimate of drug-likeness (QED) is 0.737. The van der Waals surface area contributed by atoms with E-state index in [4.69, 9.17) is 14.2 Å². The minimum Gasteiger partial charge on any atom is -0.454 e. The van der Waals surface area contributed by atoms with Gasteiger partial charge in [-0.1, -0.05) is 15.9 Å². The van der Waals surface area contributed by atoms with Crippen LogP contribution < -0.4 is 14.8 Å². The molecule has 1 aliphatic heterocycles. The molecular weight excluding hydrogens is 322 g/mol. The first-order valence-corrected chi connectivity index (χ1v) is 7.99. The lowest BCUT2D eigenvalue weighted by molar-refractivity contribution is 0.122. The summed E-state index contributed by atoms with van der Waals surface area (Å²) in [4.78, 5) is 0. The highest BCUT2D eigenvalue weighted by Gasteiger charge is 2.20. The molecule has 0 atom stereocenters. The number of ether oxygens (including phenoxy) is 3. The minimum atomic E-state index is 0.316. The standard InChI is InChI=1S/C15H20BrNO3/c16-13-7-15-14(19-10-20-15)6-12(13)8-17-4-1-5-18-9-11-2-3-11/h6-7,11,17H,1-5,8-10H2. The zero-order chi connectivity index (χ0) is 13.8. The fourth-order valence-corrected chi connectivity index (χ4v) is 2.61. The maximum absolute atomic E-state index is 5.61. The van der Waals surface area contributed by atoms with Crippen LogP contribution in [0.2, 0.25) is 0 Å². The summed E-state index contributed by atoms with van der Waals surface area (Å²) in [6.45, 7) is 3.90. The lowest BCUT2D eigenvalue weighted by Gasteiger charge is -2.08. The summed E-state index contributed by atoms with van der Waals surface area (Å²) in [6.07, 6.45) is 3.77. The normalized spacial score (nSPS) is 16.6. The zero-order valence-corrected chi connectivity index (χ0v) is 13.1. The Morgan fingerprint density at radius 1 is 1.25 bits per heavy atom. The van der Waals surface area contributed by atoms with Crippen molar-refractivity contribution in [1.82, 2.24) is 5.32 Å². The summed E-state index contributed by atoms with van der Waals surface area (Å²) in [5.41, 5.74) is 1.19. The molecule has 0 spiro atoms. The number of halogens is 1. The van der Waals surface area contributed by atoms with E-state index in [9.17, 15) is 0 Å². The number of rotatable bonds is 8. The topological polar surface area (TPSA) is 39.7 Å². The first-order chi connectivity index (χ1) is 9.83. The Kier molecular flexibility index (Phi) is 4.81. The van der Waals surface area contributed by atoms with Crippen LogP contribution >= 0.6 is 15.9 Å². The van der Waals surface area contributed by atoms with E-state index in [0.29, 0.717) is 6.79 Å². The van der Waals surface area contributed by atoms with Crippen LogP contribution in [0.5, 0.6) is 11.5 Å². The molecule has 1 saturated carbocycles. The van der Waals surface area contributed by atoms with Gasteiger partial charge in [-0.25, -0.2) is 0 Å². The third-order valence-electron chi connectivity index (χ3n) is 3.55. The number of fused-ring (bicyclic) bond motifs is 1. The summed E-state index contributed by atoms with van der Waals surface area (Å²) < 4.78 is 17.4. The fraction of sp³-hybridized carbons (Fsp3) is 0.600. The first-order valence-electron chi connectivity index (χ1n) is 7.19. The lowest BCUT2D eigenvalue weighted by Crippen LogP contribution is -2.17. The molecule has 0 radical (unpaired) electrons. The molecule has 1 aliphatic carbocycles. The molecule has 5 heteroatoms. The van der Waals surface area contributed by atoms with Gasteiger partial charge in [-0.15, -0.1) is 0 Å². The smallest absolute Gasteiger partial charge is 0.231 e. The second kappa shape index (κ2) is 6.78. The van der Waals surface area contributed by atoms with Crippen LogP contribution in [0.4, 0.5) is 0 Å². The number of hydrogen-bond donors (Lipinski definition) is 1. The minimum absolute atomic E-state index is 0.316. The molecule has 2 aliphatic rings. The third-order valence-corrected chi connectivity index (χ3v) is 4.29.